The van der Waals surface area contributed by atoms with E-state index in [1.807, 2.05) is 0 Å². The number of halogens is 1. The van der Waals surface area contributed by atoms with Crippen molar-refractivity contribution in [1.29, 1.82) is 0 Å². The largest absolute Gasteiger partial charge is 0.497 e. The molecule has 0 fully saturated rings. The van der Waals surface area contributed by atoms with E-state index in [2.05, 4.69) is 0 Å². The van der Waals surface area contributed by atoms with Gasteiger partial charge in [-0.1, -0.05) is 12.1 Å². The third-order valence-electron chi connectivity index (χ3n) is 5.06. The van der Waals surface area contributed by atoms with Crippen LogP contribution < -0.4 is 9.47 Å². The lowest BCUT2D eigenvalue weighted by atomic mass is 9.73. The zero-order chi connectivity index (χ0) is 21.0. The van der Waals surface area contributed by atoms with Gasteiger partial charge >= 0.3 is 5.97 Å². The van der Waals surface area contributed by atoms with Crippen molar-refractivity contribution in [3.63, 3.8) is 0 Å². The van der Waals surface area contributed by atoms with Gasteiger partial charge in [-0.15, -0.1) is 0 Å². The second kappa shape index (κ2) is 8.90. The molecule has 2 aromatic rings. The molecule has 0 bridgehead atoms. The fourth-order valence-corrected chi connectivity index (χ4v) is 3.66. The molecule has 0 N–H and O–H groups in total. The van der Waals surface area contributed by atoms with E-state index in [1.165, 1.54) is 18.2 Å². The van der Waals surface area contributed by atoms with Crippen LogP contribution in [0.3, 0.4) is 0 Å². The molecule has 2 aromatic carbocycles. The summed E-state index contributed by atoms with van der Waals surface area (Å²) >= 11 is 0. The Morgan fingerprint density at radius 3 is 2.45 bits per heavy atom. The van der Waals surface area contributed by atoms with Crippen LogP contribution in [-0.4, -0.2) is 32.6 Å². The summed E-state index contributed by atoms with van der Waals surface area (Å²) in [6.07, 6.45) is 1.86. The number of hydrogen-bond acceptors (Lipinski definition) is 5. The molecule has 2 atom stereocenters. The third-order valence-corrected chi connectivity index (χ3v) is 5.06. The first kappa shape index (κ1) is 20.6. The first-order chi connectivity index (χ1) is 14.0. The molecule has 0 spiro atoms. The van der Waals surface area contributed by atoms with Crippen LogP contribution in [0.1, 0.15) is 30.4 Å². The maximum Gasteiger partial charge on any atom is 0.317 e. The minimum atomic E-state index is -0.972. The number of allylic oxidation sites excluding steroid dienone is 2. The van der Waals surface area contributed by atoms with Crippen molar-refractivity contribution in [3.05, 3.63) is 65.5 Å². The topological polar surface area (TPSA) is 61.8 Å². The number of benzene rings is 2. The number of ketones is 1. The summed E-state index contributed by atoms with van der Waals surface area (Å²) in [5.41, 5.74) is 2.14. The Morgan fingerprint density at radius 2 is 1.83 bits per heavy atom. The van der Waals surface area contributed by atoms with Crippen LogP contribution in [0.2, 0.25) is 0 Å². The molecular weight excluding hydrogens is 375 g/mol. The van der Waals surface area contributed by atoms with Crippen molar-refractivity contribution in [2.24, 2.45) is 5.92 Å². The van der Waals surface area contributed by atoms with Crippen molar-refractivity contribution in [2.45, 2.75) is 19.3 Å². The van der Waals surface area contributed by atoms with E-state index in [0.717, 1.165) is 11.1 Å². The molecule has 0 heterocycles. The Balaban J connectivity index is 2.08. The lowest BCUT2D eigenvalue weighted by Gasteiger charge is -2.30. The molecule has 1 aliphatic rings. The van der Waals surface area contributed by atoms with Gasteiger partial charge in [0.05, 0.1) is 20.8 Å². The van der Waals surface area contributed by atoms with Crippen LogP contribution in [0.25, 0.3) is 5.57 Å². The number of esters is 1. The summed E-state index contributed by atoms with van der Waals surface area (Å²) < 4.78 is 29.3. The maximum absolute atomic E-state index is 13.4. The number of methoxy groups -OCH3 is 2. The molecular formula is C23H23FO5. The summed E-state index contributed by atoms with van der Waals surface area (Å²) in [6.45, 7) is 1.87. The van der Waals surface area contributed by atoms with E-state index in [9.17, 15) is 14.0 Å². The number of ether oxygens (including phenoxy) is 3. The SMILES string of the molecule is CCOC(=O)C1C(=O)C=C(c2cc(OC)ccc2OC)CC1c1ccc(F)cc1. The number of rotatable bonds is 6. The first-order valence-corrected chi connectivity index (χ1v) is 9.37. The normalized spacial score (nSPS) is 18.8. The van der Waals surface area contributed by atoms with Gasteiger partial charge in [-0.05, 0) is 60.9 Å². The smallest absolute Gasteiger partial charge is 0.317 e. The Kier molecular flexibility index (Phi) is 6.32. The predicted molar refractivity (Wildman–Crippen MR) is 106 cm³/mol. The van der Waals surface area contributed by atoms with E-state index in [4.69, 9.17) is 14.2 Å². The third kappa shape index (κ3) is 4.31. The van der Waals surface area contributed by atoms with Crippen LogP contribution in [0.5, 0.6) is 11.5 Å². The van der Waals surface area contributed by atoms with Gasteiger partial charge in [-0.3, -0.25) is 9.59 Å². The molecule has 29 heavy (non-hydrogen) atoms. The molecule has 0 aliphatic heterocycles. The summed E-state index contributed by atoms with van der Waals surface area (Å²) in [5, 5.41) is 0. The van der Waals surface area contributed by atoms with Gasteiger partial charge in [0.25, 0.3) is 0 Å². The molecule has 5 nitrogen and oxygen atoms in total. The van der Waals surface area contributed by atoms with Crippen molar-refractivity contribution < 1.29 is 28.2 Å². The Morgan fingerprint density at radius 1 is 1.10 bits per heavy atom. The molecule has 3 rings (SSSR count). The van der Waals surface area contributed by atoms with Crippen molar-refractivity contribution >= 4 is 17.3 Å². The van der Waals surface area contributed by atoms with E-state index in [1.54, 1.807) is 51.5 Å². The lowest BCUT2D eigenvalue weighted by molar-refractivity contribution is -0.151. The second-order valence-corrected chi connectivity index (χ2v) is 6.73. The van der Waals surface area contributed by atoms with Crippen LogP contribution in [0.15, 0.2) is 48.5 Å². The molecule has 152 valence electrons. The fourth-order valence-electron chi connectivity index (χ4n) is 3.66. The zero-order valence-electron chi connectivity index (χ0n) is 16.6. The van der Waals surface area contributed by atoms with Crippen molar-refractivity contribution in [1.82, 2.24) is 0 Å². The predicted octanol–water partition coefficient (Wildman–Crippen LogP) is 4.16. The highest BCUT2D eigenvalue weighted by Crippen LogP contribution is 2.43. The van der Waals surface area contributed by atoms with E-state index < -0.39 is 17.8 Å². The van der Waals surface area contributed by atoms with Gasteiger partial charge in [0.15, 0.2) is 5.78 Å². The summed E-state index contributed by atoms with van der Waals surface area (Å²) in [6, 6.07) is 11.2. The monoisotopic (exact) mass is 398 g/mol. The molecule has 0 radical (unpaired) electrons. The first-order valence-electron chi connectivity index (χ1n) is 9.37. The van der Waals surface area contributed by atoms with Gasteiger partial charge in [-0.2, -0.15) is 0 Å². The molecule has 6 heteroatoms. The van der Waals surface area contributed by atoms with Crippen LogP contribution >= 0.6 is 0 Å². The maximum atomic E-state index is 13.4. The highest BCUT2D eigenvalue weighted by Gasteiger charge is 2.40. The molecule has 0 aromatic heterocycles. The van der Waals surface area contributed by atoms with Gasteiger partial charge in [0.2, 0.25) is 0 Å². The zero-order valence-corrected chi connectivity index (χ0v) is 16.6. The Bertz CT molecular complexity index is 933. The summed E-state index contributed by atoms with van der Waals surface area (Å²) in [7, 11) is 3.11. The van der Waals surface area contributed by atoms with E-state index in [-0.39, 0.29) is 18.2 Å². The average Bonchev–Trinajstić information content (AvgIpc) is 2.73. The molecule has 2 unspecified atom stereocenters. The Hall–Kier alpha value is -3.15. The molecule has 1 aliphatic carbocycles. The fraction of sp³-hybridized carbons (Fsp3) is 0.304. The number of hydrogen-bond donors (Lipinski definition) is 0. The molecule has 0 amide bonds. The number of carbonyl (C=O) groups is 2. The summed E-state index contributed by atoms with van der Waals surface area (Å²) in [4.78, 5) is 25.5. The second-order valence-electron chi connectivity index (χ2n) is 6.73. The van der Waals surface area contributed by atoms with E-state index >= 15 is 0 Å². The van der Waals surface area contributed by atoms with Gasteiger partial charge in [-0.25, -0.2) is 4.39 Å². The lowest BCUT2D eigenvalue weighted by Crippen LogP contribution is -2.34. The molecule has 0 saturated heterocycles. The van der Waals surface area contributed by atoms with Crippen molar-refractivity contribution in [2.75, 3.05) is 20.8 Å². The van der Waals surface area contributed by atoms with Crippen LogP contribution in [-0.2, 0) is 14.3 Å². The quantitative estimate of drug-likeness (QED) is 0.540. The van der Waals surface area contributed by atoms with E-state index in [0.29, 0.717) is 23.5 Å². The Labute approximate surface area is 169 Å². The van der Waals surface area contributed by atoms with Gasteiger partial charge in [0, 0.05) is 11.5 Å². The highest BCUT2D eigenvalue weighted by molar-refractivity contribution is 6.11. The van der Waals surface area contributed by atoms with Crippen LogP contribution in [0.4, 0.5) is 4.39 Å². The van der Waals surface area contributed by atoms with Crippen LogP contribution in [0, 0.1) is 11.7 Å². The molecule has 0 saturated carbocycles. The number of carbonyl (C=O) groups excluding carboxylic acids is 2. The standard InChI is InChI=1S/C23H23FO5/c1-4-29-23(26)22-19(14-5-7-16(24)8-6-14)11-15(12-20(22)25)18-13-17(27-2)9-10-21(18)28-3/h5-10,12-13,19,22H,4,11H2,1-3H3. The van der Waals surface area contributed by atoms with Crippen molar-refractivity contribution in [3.8, 4) is 11.5 Å². The van der Waals surface area contributed by atoms with Gasteiger partial charge in [0.1, 0.15) is 23.2 Å². The minimum absolute atomic E-state index is 0.180. The van der Waals surface area contributed by atoms with Gasteiger partial charge < -0.3 is 14.2 Å². The average molecular weight is 398 g/mol. The summed E-state index contributed by atoms with van der Waals surface area (Å²) in [5.74, 6) is -1.52. The highest BCUT2D eigenvalue weighted by atomic mass is 19.1. The minimum Gasteiger partial charge on any atom is -0.497 e.